The molecule has 4 atom stereocenters. The molecule has 25 heavy (non-hydrogen) atoms. The molecule has 1 aromatic heterocycles. The minimum absolute atomic E-state index is 0.0233. The zero-order valence-electron chi connectivity index (χ0n) is 15.4. The Kier molecular flexibility index (Phi) is 3.23. The summed E-state index contributed by atoms with van der Waals surface area (Å²) >= 11 is 5.83. The number of nitrogens with one attached hydrogen (secondary N) is 1. The Morgan fingerprint density at radius 1 is 1.32 bits per heavy atom. The van der Waals surface area contributed by atoms with Crippen molar-refractivity contribution in [2.75, 3.05) is 5.32 Å². The number of aromatic nitrogens is 2. The highest BCUT2D eigenvalue weighted by molar-refractivity contribution is 6.29. The fourth-order valence-corrected chi connectivity index (χ4v) is 5.81. The summed E-state index contributed by atoms with van der Waals surface area (Å²) in [6.07, 6.45) is 2.57. The van der Waals surface area contributed by atoms with Crippen molar-refractivity contribution in [2.45, 2.75) is 76.1 Å². The first-order valence-electron chi connectivity index (χ1n) is 8.78. The molecule has 2 aliphatic carbocycles. The van der Waals surface area contributed by atoms with Crippen LogP contribution in [0.4, 0.5) is 10.6 Å². The average Bonchev–Trinajstić information content (AvgIpc) is 2.79. The predicted molar refractivity (Wildman–Crippen MR) is 95.6 cm³/mol. The topological polar surface area (TPSA) is 67.3 Å². The Labute approximate surface area is 153 Å². The zero-order chi connectivity index (χ0) is 18.3. The third-order valence-electron chi connectivity index (χ3n) is 6.07. The molecule has 1 saturated heterocycles. The van der Waals surface area contributed by atoms with E-state index < -0.39 is 5.60 Å². The highest BCUT2D eigenvalue weighted by Crippen LogP contribution is 2.71. The van der Waals surface area contributed by atoms with Crippen LogP contribution in [0.25, 0.3) is 0 Å². The summed E-state index contributed by atoms with van der Waals surface area (Å²) in [5.74, 6) is 1.13. The zero-order valence-corrected chi connectivity index (χ0v) is 16.1. The van der Waals surface area contributed by atoms with Crippen molar-refractivity contribution >= 4 is 23.5 Å². The van der Waals surface area contributed by atoms with Gasteiger partial charge < -0.3 is 10.1 Å². The molecule has 0 spiro atoms. The maximum absolute atomic E-state index is 12.8. The molecule has 0 radical (unpaired) electrons. The minimum Gasteiger partial charge on any atom is -0.444 e. The van der Waals surface area contributed by atoms with Crippen LogP contribution in [0.1, 0.15) is 53.9 Å². The van der Waals surface area contributed by atoms with Crippen molar-refractivity contribution in [1.82, 2.24) is 15.1 Å². The minimum atomic E-state index is -0.483. The Balaban J connectivity index is 1.57. The number of hydrogen-bond acceptors (Lipinski definition) is 5. The first kappa shape index (κ1) is 16.9. The number of rotatable bonds is 2. The maximum atomic E-state index is 12.8. The van der Waals surface area contributed by atoms with Gasteiger partial charge in [0, 0.05) is 17.0 Å². The number of halogens is 1. The molecule has 4 rings (SSSR count). The highest BCUT2D eigenvalue weighted by atomic mass is 35.5. The van der Waals surface area contributed by atoms with Crippen molar-refractivity contribution in [3.05, 3.63) is 17.3 Å². The maximum Gasteiger partial charge on any atom is 0.411 e. The predicted octanol–water partition coefficient (Wildman–Crippen LogP) is 3.86. The van der Waals surface area contributed by atoms with E-state index >= 15 is 0 Å². The quantitative estimate of drug-likeness (QED) is 0.862. The van der Waals surface area contributed by atoms with Gasteiger partial charge in [-0.05, 0) is 66.0 Å². The molecular weight excluding hydrogens is 340 g/mol. The van der Waals surface area contributed by atoms with E-state index in [1.54, 1.807) is 6.07 Å². The number of carbonyl (C=O) groups is 1. The Bertz CT molecular complexity index is 730. The summed E-state index contributed by atoms with van der Waals surface area (Å²) in [7, 11) is 0. The highest BCUT2D eigenvalue weighted by Gasteiger charge is 2.79. The molecule has 3 fully saturated rings. The number of anilines is 1. The summed E-state index contributed by atoms with van der Waals surface area (Å²) in [4.78, 5) is 14.8. The molecule has 1 unspecified atom stereocenters. The van der Waals surface area contributed by atoms with Gasteiger partial charge in [0.2, 0.25) is 0 Å². The third-order valence-corrected chi connectivity index (χ3v) is 6.27. The monoisotopic (exact) mass is 364 g/mol. The Hall–Kier alpha value is -1.56. The van der Waals surface area contributed by atoms with Gasteiger partial charge in [0.15, 0.2) is 5.15 Å². The molecule has 1 N–H and O–H groups in total. The summed E-state index contributed by atoms with van der Waals surface area (Å²) in [6, 6.07) is 3.60. The van der Waals surface area contributed by atoms with E-state index in [0.29, 0.717) is 11.1 Å². The largest absolute Gasteiger partial charge is 0.444 e. The van der Waals surface area contributed by atoms with Crippen LogP contribution in [0, 0.1) is 5.92 Å². The first-order chi connectivity index (χ1) is 11.5. The van der Waals surface area contributed by atoms with Gasteiger partial charge in [0.25, 0.3) is 0 Å². The molecule has 6 nitrogen and oxygen atoms in total. The van der Waals surface area contributed by atoms with Crippen LogP contribution in [0.3, 0.4) is 0 Å². The fraction of sp³-hybridized carbons (Fsp3) is 0.722. The molecule has 1 aliphatic heterocycles. The molecule has 0 aromatic carbocycles. The van der Waals surface area contributed by atoms with E-state index in [1.165, 1.54) is 0 Å². The molecule has 1 amide bonds. The van der Waals surface area contributed by atoms with Gasteiger partial charge in [-0.1, -0.05) is 11.6 Å². The van der Waals surface area contributed by atoms with Gasteiger partial charge in [-0.15, -0.1) is 10.2 Å². The Morgan fingerprint density at radius 2 is 2.04 bits per heavy atom. The number of amides is 1. The lowest BCUT2D eigenvalue weighted by atomic mass is 9.54. The second kappa shape index (κ2) is 4.78. The van der Waals surface area contributed by atoms with Gasteiger partial charge in [0.05, 0.1) is 5.54 Å². The molecule has 136 valence electrons. The van der Waals surface area contributed by atoms with Crippen molar-refractivity contribution < 1.29 is 9.53 Å². The van der Waals surface area contributed by atoms with Crippen LogP contribution in [0.2, 0.25) is 5.15 Å². The number of carbonyl (C=O) groups excluding carboxylic acids is 1. The van der Waals surface area contributed by atoms with Crippen molar-refractivity contribution in [3.8, 4) is 0 Å². The van der Waals surface area contributed by atoms with Crippen LogP contribution < -0.4 is 5.32 Å². The van der Waals surface area contributed by atoms with Crippen LogP contribution >= 0.6 is 11.6 Å². The van der Waals surface area contributed by atoms with E-state index in [4.69, 9.17) is 16.3 Å². The van der Waals surface area contributed by atoms with Crippen LogP contribution in [0.15, 0.2) is 12.1 Å². The number of ether oxygens (including phenoxy) is 1. The normalized spacial score (nSPS) is 38.5. The van der Waals surface area contributed by atoms with Crippen LogP contribution in [-0.2, 0) is 4.74 Å². The number of hydrogen-bond donors (Lipinski definition) is 1. The molecule has 1 aromatic rings. The van der Waals surface area contributed by atoms with Crippen molar-refractivity contribution in [3.63, 3.8) is 0 Å². The van der Waals surface area contributed by atoms with Crippen LogP contribution in [-0.4, -0.2) is 43.4 Å². The molecule has 2 saturated carbocycles. The molecule has 2 bridgehead atoms. The molecule has 2 heterocycles. The van der Waals surface area contributed by atoms with Gasteiger partial charge in [-0.25, -0.2) is 4.79 Å². The standard InChI is InChI=1S/C18H25ClN4O2/c1-15(2,3)25-14(24)23-16(4)8-11-17(23,5)10-18(11,9-16)20-13-7-6-12(19)21-22-13/h6-7,11H,8-10H2,1-5H3,(H,20,22)/t11?,16-,17-,18+/m1/s1. The lowest BCUT2D eigenvalue weighted by Gasteiger charge is -2.66. The third kappa shape index (κ3) is 2.33. The number of likely N-dealkylation sites (tertiary alicyclic amines) is 1. The molecule has 7 heteroatoms. The average molecular weight is 365 g/mol. The van der Waals surface area contributed by atoms with Gasteiger partial charge in [-0.3, -0.25) is 4.90 Å². The smallest absolute Gasteiger partial charge is 0.411 e. The second-order valence-electron chi connectivity index (χ2n) is 9.30. The van der Waals surface area contributed by atoms with Gasteiger partial charge >= 0.3 is 6.09 Å². The first-order valence-corrected chi connectivity index (χ1v) is 9.16. The van der Waals surface area contributed by atoms with Crippen LogP contribution in [0.5, 0.6) is 0 Å². The van der Waals surface area contributed by atoms with Gasteiger partial charge in [0.1, 0.15) is 11.4 Å². The van der Waals surface area contributed by atoms with Crippen molar-refractivity contribution in [1.29, 1.82) is 0 Å². The second-order valence-corrected chi connectivity index (χ2v) is 9.69. The summed E-state index contributed by atoms with van der Waals surface area (Å²) < 4.78 is 5.69. The number of piperidine rings is 2. The lowest BCUT2D eigenvalue weighted by molar-refractivity contribution is -0.107. The summed E-state index contributed by atoms with van der Waals surface area (Å²) in [5.41, 5.74) is -0.858. The number of nitrogens with zero attached hydrogens (tertiary/aromatic N) is 3. The molecule has 3 aliphatic rings. The van der Waals surface area contributed by atoms with Crippen molar-refractivity contribution in [2.24, 2.45) is 5.92 Å². The molecular formula is C18H25ClN4O2. The van der Waals surface area contributed by atoms with Gasteiger partial charge in [-0.2, -0.15) is 0 Å². The van der Waals surface area contributed by atoms with E-state index in [1.807, 2.05) is 31.7 Å². The number of fused-ring (bicyclic) bond motifs is 1. The van der Waals surface area contributed by atoms with E-state index in [-0.39, 0.29) is 22.7 Å². The Morgan fingerprint density at radius 3 is 2.60 bits per heavy atom. The summed E-state index contributed by atoms with van der Waals surface area (Å²) in [6.45, 7) is 10.1. The van der Waals surface area contributed by atoms with E-state index in [2.05, 4.69) is 29.4 Å². The fourth-order valence-electron chi connectivity index (χ4n) is 5.71. The lowest BCUT2D eigenvalue weighted by Crippen LogP contribution is -2.77. The summed E-state index contributed by atoms with van der Waals surface area (Å²) in [5, 5.41) is 12.0. The SMILES string of the molecule is CC(C)(C)OC(=O)N1[C@]2(C)CC3[C@](Nc4ccc(Cl)nn4)(C2)C[C@]31C. The van der Waals surface area contributed by atoms with E-state index in [0.717, 1.165) is 25.1 Å². The van der Waals surface area contributed by atoms with E-state index in [9.17, 15) is 4.79 Å².